The summed E-state index contributed by atoms with van der Waals surface area (Å²) < 4.78 is 20.9. The van der Waals surface area contributed by atoms with Gasteiger partial charge in [-0.2, -0.15) is 0 Å². The summed E-state index contributed by atoms with van der Waals surface area (Å²) in [5.41, 5.74) is -0.658. The van der Waals surface area contributed by atoms with Crippen molar-refractivity contribution in [3.05, 3.63) is 32.6 Å². The fourth-order valence-corrected chi connectivity index (χ4v) is 5.34. The maximum absolute atomic E-state index is 12.4. The van der Waals surface area contributed by atoms with Gasteiger partial charge in [0.15, 0.2) is 27.9 Å². The molecule has 1 aliphatic heterocycles. The molecule has 0 amide bonds. The van der Waals surface area contributed by atoms with Crippen molar-refractivity contribution in [1.82, 2.24) is 9.55 Å². The number of hydrogen-bond donors (Lipinski definition) is 0. The molecule has 11 heteroatoms. The van der Waals surface area contributed by atoms with Gasteiger partial charge in [-0.05, 0) is 48.8 Å². The molecule has 0 aliphatic carbocycles. The van der Waals surface area contributed by atoms with Gasteiger partial charge in [-0.25, -0.2) is 0 Å². The molecule has 2 rings (SSSR count). The second-order valence-electron chi connectivity index (χ2n) is 11.8. The average molecular weight is 530 g/mol. The molecular weight excluding hydrogens is 488 g/mol. The third-order valence-electron chi connectivity index (χ3n) is 7.25. The summed E-state index contributed by atoms with van der Waals surface area (Å²) in [7, 11) is -4.04. The summed E-state index contributed by atoms with van der Waals surface area (Å²) in [5.74, 6) is 0. The molecule has 186 valence electrons. The fourth-order valence-electron chi connectivity index (χ4n) is 2.97. The van der Waals surface area contributed by atoms with E-state index in [0.717, 1.165) is 0 Å². The van der Waals surface area contributed by atoms with Crippen LogP contribution >= 0.6 is 0 Å². The summed E-state index contributed by atoms with van der Waals surface area (Å²) in [4.78, 5) is 27.8. The number of aryl methyl sites for hydroxylation is 1. The van der Waals surface area contributed by atoms with Crippen LogP contribution in [0.15, 0.2) is 15.8 Å². The molecule has 0 unspecified atom stereocenters. The zero-order valence-corrected chi connectivity index (χ0v) is 26.4. The molecule has 0 spiro atoms. The molecular formula is C22H41ClMgN2O5Si2. The first-order chi connectivity index (χ1) is 13.9. The molecule has 1 aromatic heterocycles. The van der Waals surface area contributed by atoms with E-state index in [2.05, 4.69) is 72.7 Å². The van der Waals surface area contributed by atoms with Crippen molar-refractivity contribution < 1.29 is 26.0 Å². The maximum Gasteiger partial charge on any atom is 2.00 e. The van der Waals surface area contributed by atoms with E-state index >= 15 is 0 Å². The van der Waals surface area contributed by atoms with Gasteiger partial charge in [0.2, 0.25) is 0 Å². The first-order valence-electron chi connectivity index (χ1n) is 11.1. The Balaban J connectivity index is 0.00000512. The van der Waals surface area contributed by atoms with Crippen LogP contribution in [0.2, 0.25) is 36.3 Å². The SMILES string of the molecule is Cc1cn([C@H]2C[C@H](O[Si](C)(C)C(C)(C)C)[C@@H](CO[Si](C)(C)C(C)(C)C)O2)c(=O)[n-]c1=O.[Cl-].[Mg+2]. The van der Waals surface area contributed by atoms with E-state index in [0.29, 0.717) is 18.6 Å². The van der Waals surface area contributed by atoms with E-state index in [4.69, 9.17) is 13.6 Å². The minimum Gasteiger partial charge on any atom is -1.00 e. The van der Waals surface area contributed by atoms with E-state index in [1.807, 2.05) is 0 Å². The molecule has 0 saturated carbocycles. The molecule has 2 heterocycles. The molecule has 1 saturated heterocycles. The molecule has 0 bridgehead atoms. The summed E-state index contributed by atoms with van der Waals surface area (Å²) in [6, 6.07) is 0. The molecule has 0 aromatic carbocycles. The van der Waals surface area contributed by atoms with Crippen LogP contribution in [0.3, 0.4) is 0 Å². The van der Waals surface area contributed by atoms with Crippen LogP contribution in [0.4, 0.5) is 0 Å². The number of aromatic nitrogens is 2. The van der Waals surface area contributed by atoms with E-state index in [1.54, 1.807) is 13.1 Å². The Morgan fingerprint density at radius 3 is 2.06 bits per heavy atom. The van der Waals surface area contributed by atoms with Crippen LogP contribution in [0.1, 0.15) is 59.8 Å². The van der Waals surface area contributed by atoms with E-state index < -0.39 is 34.1 Å². The number of nitrogens with zero attached hydrogens (tertiary/aromatic N) is 2. The van der Waals surface area contributed by atoms with Gasteiger partial charge < -0.3 is 35.5 Å². The molecule has 0 radical (unpaired) electrons. The normalized spacial score (nSPS) is 22.0. The van der Waals surface area contributed by atoms with Crippen LogP contribution in [0.25, 0.3) is 0 Å². The third kappa shape index (κ3) is 7.77. The van der Waals surface area contributed by atoms with Gasteiger partial charge in [0.25, 0.3) is 0 Å². The van der Waals surface area contributed by atoms with Crippen molar-refractivity contribution in [1.29, 1.82) is 0 Å². The topological polar surface area (TPSA) is 80.9 Å². The van der Waals surface area contributed by atoms with Crippen molar-refractivity contribution in [2.75, 3.05) is 6.61 Å². The number of ether oxygens (including phenoxy) is 1. The van der Waals surface area contributed by atoms with Gasteiger partial charge in [-0.15, -0.1) is 0 Å². The van der Waals surface area contributed by atoms with E-state index in [-0.39, 0.29) is 57.7 Å². The maximum atomic E-state index is 12.4. The molecule has 0 N–H and O–H groups in total. The molecule has 1 aliphatic rings. The average Bonchev–Trinajstić information content (AvgIpc) is 2.96. The van der Waals surface area contributed by atoms with Gasteiger partial charge in [0.05, 0.1) is 18.9 Å². The Morgan fingerprint density at radius 2 is 1.58 bits per heavy atom. The fraction of sp³-hybridized carbons (Fsp3) is 0.818. The van der Waals surface area contributed by atoms with Crippen molar-refractivity contribution >= 4 is 39.7 Å². The molecule has 33 heavy (non-hydrogen) atoms. The Morgan fingerprint density at radius 1 is 1.06 bits per heavy atom. The second kappa shape index (κ2) is 11.4. The minimum absolute atomic E-state index is 0. The number of rotatable bonds is 6. The van der Waals surface area contributed by atoms with Crippen LogP contribution in [-0.2, 0) is 13.6 Å². The van der Waals surface area contributed by atoms with Gasteiger partial charge in [0.1, 0.15) is 6.10 Å². The summed E-state index contributed by atoms with van der Waals surface area (Å²) in [6.07, 6.45) is 1.07. The van der Waals surface area contributed by atoms with Gasteiger partial charge in [-0.3, -0.25) is 9.59 Å². The Hall–Kier alpha value is 0.0500. The number of halogens is 1. The van der Waals surface area contributed by atoms with E-state index in [9.17, 15) is 9.59 Å². The van der Waals surface area contributed by atoms with Crippen molar-refractivity contribution in [3.8, 4) is 0 Å². The molecule has 3 atom stereocenters. The van der Waals surface area contributed by atoms with Crippen LogP contribution in [-0.4, -0.2) is 63.1 Å². The minimum atomic E-state index is -2.06. The molecule has 7 nitrogen and oxygen atoms in total. The van der Waals surface area contributed by atoms with Gasteiger partial charge in [-0.1, -0.05) is 47.7 Å². The van der Waals surface area contributed by atoms with E-state index in [1.165, 1.54) is 4.57 Å². The number of hydrogen-bond acceptors (Lipinski definition) is 5. The molecule has 1 aromatic rings. The van der Waals surface area contributed by atoms with Gasteiger partial charge >= 0.3 is 23.1 Å². The van der Waals surface area contributed by atoms with Crippen molar-refractivity contribution in [3.63, 3.8) is 0 Å². The predicted molar refractivity (Wildman–Crippen MR) is 135 cm³/mol. The quantitative estimate of drug-likeness (QED) is 0.508. The van der Waals surface area contributed by atoms with Gasteiger partial charge in [0, 0.05) is 6.42 Å². The first-order valence-corrected chi connectivity index (χ1v) is 16.9. The summed E-state index contributed by atoms with van der Waals surface area (Å²) in [6.45, 7) is 24.2. The monoisotopic (exact) mass is 528 g/mol. The third-order valence-corrected chi connectivity index (χ3v) is 16.3. The van der Waals surface area contributed by atoms with Crippen molar-refractivity contribution in [2.45, 2.75) is 110 Å². The predicted octanol–water partition coefficient (Wildman–Crippen LogP) is 0.797. The van der Waals surface area contributed by atoms with Crippen molar-refractivity contribution in [2.24, 2.45) is 0 Å². The second-order valence-corrected chi connectivity index (χ2v) is 21.3. The smallest absolute Gasteiger partial charge is 1.00 e. The zero-order chi connectivity index (χ0) is 24.0. The van der Waals surface area contributed by atoms with Crippen LogP contribution in [0.5, 0.6) is 0 Å². The largest absolute Gasteiger partial charge is 2.00 e. The first kappa shape index (κ1) is 33.0. The van der Waals surface area contributed by atoms with Crippen LogP contribution < -0.4 is 28.6 Å². The Labute approximate surface area is 223 Å². The Kier molecular flexibility index (Phi) is 11.4. The van der Waals surface area contributed by atoms with Crippen LogP contribution in [0, 0.1) is 6.92 Å². The zero-order valence-electron chi connectivity index (χ0n) is 22.2. The summed E-state index contributed by atoms with van der Waals surface area (Å²) >= 11 is 0. The Bertz CT molecular complexity index is 906. The molecule has 1 fully saturated rings. The summed E-state index contributed by atoms with van der Waals surface area (Å²) in [5, 5.41) is 0.137. The standard InChI is InChI=1S/C22H42N2O5Si2.ClH.Mg/c1-15-13-24(20(26)23-19(15)25)18-12-16(29-31(10,11)22(5,6)7)17(28-18)14-27-30(8,9)21(2,3)4;;/h13,16-18H,12,14H2,1-11H3,(H,23,25,26);1H;/q;;+2/p-2/t16-,17+,18+;;/m0../s1.